The van der Waals surface area contributed by atoms with E-state index in [0.29, 0.717) is 43.1 Å². The number of anilines is 1. The number of aliphatic hydroxyl groups is 1. The number of nitrogens with zero attached hydrogens (tertiary/aromatic N) is 3. The molecule has 0 bridgehead atoms. The zero-order valence-corrected chi connectivity index (χ0v) is 44.2. The van der Waals surface area contributed by atoms with Gasteiger partial charge in [-0.3, -0.25) is 24.0 Å². The third-order valence-electron chi connectivity index (χ3n) is 13.7. The fourth-order valence-corrected chi connectivity index (χ4v) is 10.4. The number of aliphatic hydroxyl groups excluding tert-OH is 1. The van der Waals surface area contributed by atoms with Gasteiger partial charge in [0.1, 0.15) is 24.4 Å². The standard InChI is InChI=1S/C56H71N7O9S/c1-9-62(42-19-23-70-24-20-42)47-27-41(26-45(36(47)4)52(66)58-30-46-34(2)25-35(3)60-53(46)67)39-15-17-44(18-16-39)72-22-10-21-71-32-49(65)61-51(56(6,7)8)55(69)63-31-43(64)28-48(63)54(68)57-29-38-11-13-40(14-12-38)50-37(5)59-33-73-50/h11-18,25-27,33,42-43,48,51,64H,9-10,19-24,28-32H2,1-8H3,(H,57,68)(H,58,66)(H,60,67)(H,61,65)/t43-,48+,51-/m1/s1. The summed E-state index contributed by atoms with van der Waals surface area (Å²) in [6, 6.07) is 19.9. The van der Waals surface area contributed by atoms with E-state index >= 15 is 0 Å². The van der Waals surface area contributed by atoms with Gasteiger partial charge in [0.05, 0.1) is 35.4 Å². The largest absolute Gasteiger partial charge is 0.494 e. The lowest BCUT2D eigenvalue weighted by atomic mass is 9.85. The molecule has 3 atom stereocenters. The molecule has 73 heavy (non-hydrogen) atoms. The number of aryl methyl sites for hydroxylation is 3. The number of H-pyrrole nitrogens is 1. The number of pyridine rings is 1. The van der Waals surface area contributed by atoms with E-state index in [2.05, 4.69) is 43.8 Å². The molecular formula is C56H71N7O9S. The highest BCUT2D eigenvalue weighted by Gasteiger charge is 2.44. The Kier molecular flexibility index (Phi) is 18.3. The predicted octanol–water partition coefficient (Wildman–Crippen LogP) is 6.93. The van der Waals surface area contributed by atoms with Crippen LogP contribution in [-0.2, 0) is 36.9 Å². The highest BCUT2D eigenvalue weighted by molar-refractivity contribution is 7.13. The molecule has 2 aliphatic heterocycles. The van der Waals surface area contributed by atoms with Gasteiger partial charge in [-0.05, 0) is 117 Å². The Morgan fingerprint density at radius 1 is 0.932 bits per heavy atom. The average molecular weight is 1020 g/mol. The van der Waals surface area contributed by atoms with Crippen LogP contribution in [0, 0.1) is 33.1 Å². The Bertz CT molecular complexity index is 2780. The smallest absolute Gasteiger partial charge is 0.253 e. The summed E-state index contributed by atoms with van der Waals surface area (Å²) in [4.78, 5) is 79.5. The van der Waals surface area contributed by atoms with E-state index in [-0.39, 0.29) is 62.7 Å². The quantitative estimate of drug-likeness (QED) is 0.0506. The molecular weight excluding hydrogens is 947 g/mol. The molecule has 2 fully saturated rings. The fraction of sp³-hybridized carbons (Fsp3) is 0.464. The Hall–Kier alpha value is -6.40. The van der Waals surface area contributed by atoms with Crippen molar-refractivity contribution in [1.29, 1.82) is 0 Å². The Balaban J connectivity index is 0.909. The fourth-order valence-electron chi connectivity index (χ4n) is 9.63. The van der Waals surface area contributed by atoms with Crippen LogP contribution in [0.2, 0.25) is 0 Å². The van der Waals surface area contributed by atoms with Crippen LogP contribution in [0.3, 0.4) is 0 Å². The zero-order valence-electron chi connectivity index (χ0n) is 43.4. The summed E-state index contributed by atoms with van der Waals surface area (Å²) in [7, 11) is 0. The van der Waals surface area contributed by atoms with Crippen LogP contribution in [0.15, 0.2) is 77.0 Å². The molecule has 0 radical (unpaired) electrons. The number of β-amino-alcohol motifs (C(OH)–C–C–N with tert-alkyl or cyclic N) is 1. The highest BCUT2D eigenvalue weighted by Crippen LogP contribution is 2.35. The van der Waals surface area contributed by atoms with Gasteiger partial charge in [0, 0.05) is 80.8 Å². The minimum atomic E-state index is -0.980. The number of amides is 4. The maximum atomic E-state index is 14.1. The van der Waals surface area contributed by atoms with Crippen molar-refractivity contribution < 1.29 is 38.5 Å². The molecule has 0 saturated carbocycles. The first-order chi connectivity index (χ1) is 34.9. The molecule has 5 N–H and O–H groups in total. The van der Waals surface area contributed by atoms with E-state index in [0.717, 1.165) is 74.7 Å². The summed E-state index contributed by atoms with van der Waals surface area (Å²) >= 11 is 1.57. The van der Waals surface area contributed by atoms with Gasteiger partial charge in [-0.15, -0.1) is 11.3 Å². The van der Waals surface area contributed by atoms with Gasteiger partial charge in [-0.2, -0.15) is 0 Å². The maximum absolute atomic E-state index is 14.1. The molecule has 17 heteroatoms. The topological polar surface area (TPSA) is 205 Å². The molecule has 16 nitrogen and oxygen atoms in total. The van der Waals surface area contributed by atoms with Gasteiger partial charge in [-0.25, -0.2) is 4.98 Å². The Morgan fingerprint density at radius 2 is 1.64 bits per heavy atom. The number of hydrogen-bond donors (Lipinski definition) is 5. The number of ether oxygens (including phenoxy) is 3. The van der Waals surface area contributed by atoms with E-state index < -0.39 is 35.4 Å². The normalized spacial score (nSPS) is 16.5. The van der Waals surface area contributed by atoms with Crippen LogP contribution < -0.4 is 31.1 Å². The third-order valence-corrected chi connectivity index (χ3v) is 14.6. The molecule has 4 heterocycles. The van der Waals surface area contributed by atoms with Crippen molar-refractivity contribution in [3.63, 3.8) is 0 Å². The molecule has 0 unspecified atom stereocenters. The predicted molar refractivity (Wildman–Crippen MR) is 284 cm³/mol. The van der Waals surface area contributed by atoms with Crippen molar-refractivity contribution in [2.45, 2.75) is 118 Å². The van der Waals surface area contributed by atoms with Crippen molar-refractivity contribution in [2.24, 2.45) is 5.41 Å². The number of carbonyl (C=O) groups excluding carboxylic acids is 4. The van der Waals surface area contributed by atoms with Crippen LogP contribution in [0.5, 0.6) is 5.75 Å². The number of nitrogens with one attached hydrogen (secondary N) is 4. The number of carbonyl (C=O) groups is 4. The van der Waals surface area contributed by atoms with Crippen LogP contribution in [0.4, 0.5) is 5.69 Å². The SMILES string of the molecule is CCN(c1cc(-c2ccc(OCCCOCC(=O)N[C@H](C(=O)N3C[C@H](O)C[C@H]3C(=O)NCc3ccc(-c4scnc4C)cc3)C(C)(C)C)cc2)cc(C(=O)NCc2c(C)cc(C)[nH]c2=O)c1C)C1CCOCC1. The Labute approximate surface area is 432 Å². The second kappa shape index (κ2) is 24.5. The summed E-state index contributed by atoms with van der Waals surface area (Å²) in [5.74, 6) is -0.923. The minimum absolute atomic E-state index is 0.0251. The second-order valence-corrected chi connectivity index (χ2v) is 21.0. The van der Waals surface area contributed by atoms with Crippen LogP contribution in [-0.4, -0.2) is 114 Å². The maximum Gasteiger partial charge on any atom is 0.253 e. The molecule has 4 amide bonds. The van der Waals surface area contributed by atoms with E-state index in [1.165, 1.54) is 4.90 Å². The van der Waals surface area contributed by atoms with Crippen LogP contribution >= 0.6 is 11.3 Å². The zero-order chi connectivity index (χ0) is 52.4. The van der Waals surface area contributed by atoms with Crippen molar-refractivity contribution in [3.8, 4) is 27.3 Å². The molecule has 5 aromatic rings. The van der Waals surface area contributed by atoms with Crippen molar-refractivity contribution >= 4 is 40.7 Å². The first-order valence-corrected chi connectivity index (χ1v) is 26.1. The molecule has 2 aliphatic rings. The summed E-state index contributed by atoms with van der Waals surface area (Å²) in [6.07, 6.45) is 1.47. The summed E-state index contributed by atoms with van der Waals surface area (Å²) in [5, 5.41) is 19.4. The number of aromatic nitrogens is 2. The summed E-state index contributed by atoms with van der Waals surface area (Å²) < 4.78 is 17.4. The lowest BCUT2D eigenvalue weighted by molar-refractivity contribution is -0.144. The summed E-state index contributed by atoms with van der Waals surface area (Å²) in [5.41, 5.74) is 10.0. The van der Waals surface area contributed by atoms with E-state index in [1.54, 1.807) is 11.3 Å². The van der Waals surface area contributed by atoms with Gasteiger partial charge in [0.2, 0.25) is 17.7 Å². The number of rotatable bonds is 20. The number of benzene rings is 3. The number of hydrogen-bond acceptors (Lipinski definition) is 12. The van der Waals surface area contributed by atoms with Gasteiger partial charge in [0.25, 0.3) is 11.5 Å². The van der Waals surface area contributed by atoms with Crippen molar-refractivity contribution in [1.82, 2.24) is 30.8 Å². The minimum Gasteiger partial charge on any atom is -0.494 e. The lowest BCUT2D eigenvalue weighted by Crippen LogP contribution is -2.58. The molecule has 0 spiro atoms. The lowest BCUT2D eigenvalue weighted by Gasteiger charge is -2.37. The van der Waals surface area contributed by atoms with Gasteiger partial charge >= 0.3 is 0 Å². The molecule has 2 aromatic heterocycles. The average Bonchev–Trinajstić information content (AvgIpc) is 3.99. The van der Waals surface area contributed by atoms with Crippen molar-refractivity contribution in [2.75, 3.05) is 51.0 Å². The molecule has 7 rings (SSSR count). The van der Waals surface area contributed by atoms with Crippen molar-refractivity contribution in [3.05, 3.63) is 122 Å². The van der Waals surface area contributed by atoms with Crippen LogP contribution in [0.1, 0.15) is 97.4 Å². The number of likely N-dealkylation sites (tertiary alicyclic amines) is 1. The molecule has 0 aliphatic carbocycles. The Morgan fingerprint density at radius 3 is 2.30 bits per heavy atom. The van der Waals surface area contributed by atoms with E-state index in [1.807, 2.05) is 115 Å². The highest BCUT2D eigenvalue weighted by atomic mass is 32.1. The second-order valence-electron chi connectivity index (χ2n) is 20.1. The molecule has 3 aromatic carbocycles. The molecule has 390 valence electrons. The van der Waals surface area contributed by atoms with Gasteiger partial charge in [0.15, 0.2) is 0 Å². The van der Waals surface area contributed by atoms with E-state index in [4.69, 9.17) is 14.2 Å². The molecule has 2 saturated heterocycles. The van der Waals surface area contributed by atoms with Gasteiger partial charge in [-0.1, -0.05) is 57.2 Å². The van der Waals surface area contributed by atoms with Gasteiger partial charge < -0.3 is 50.1 Å². The van der Waals surface area contributed by atoms with E-state index in [9.17, 15) is 29.1 Å². The monoisotopic (exact) mass is 1020 g/mol. The first-order valence-electron chi connectivity index (χ1n) is 25.2. The first kappa shape index (κ1) is 54.4. The summed E-state index contributed by atoms with van der Waals surface area (Å²) in [6.45, 7) is 18.0. The number of aromatic amines is 1. The third kappa shape index (κ3) is 13.8. The number of thiazole rings is 1. The van der Waals surface area contributed by atoms with Crippen LogP contribution in [0.25, 0.3) is 21.6 Å².